The maximum atomic E-state index is 12.4. The van der Waals surface area contributed by atoms with Gasteiger partial charge in [-0.2, -0.15) is 0 Å². The van der Waals surface area contributed by atoms with Crippen LogP contribution in [0.2, 0.25) is 0 Å². The monoisotopic (exact) mass is 302 g/mol. The lowest BCUT2D eigenvalue weighted by Crippen LogP contribution is -2.46. The average molecular weight is 302 g/mol. The number of likely N-dealkylation sites (tertiary alicyclic amines) is 2. The van der Waals surface area contributed by atoms with Crippen LogP contribution >= 0.6 is 0 Å². The molecule has 1 N–H and O–H groups in total. The lowest BCUT2D eigenvalue weighted by Gasteiger charge is -2.38. The highest BCUT2D eigenvalue weighted by molar-refractivity contribution is 5.79. The van der Waals surface area contributed by atoms with Crippen molar-refractivity contribution in [2.75, 3.05) is 26.2 Å². The van der Waals surface area contributed by atoms with Gasteiger partial charge in [-0.1, -0.05) is 30.3 Å². The summed E-state index contributed by atoms with van der Waals surface area (Å²) in [7, 11) is 0. The van der Waals surface area contributed by atoms with Gasteiger partial charge in [-0.25, -0.2) is 0 Å². The number of amides is 1. The fourth-order valence-electron chi connectivity index (χ4n) is 4.02. The van der Waals surface area contributed by atoms with E-state index < -0.39 is 0 Å². The molecule has 0 bridgehead atoms. The zero-order valence-electron chi connectivity index (χ0n) is 13.2. The van der Waals surface area contributed by atoms with Gasteiger partial charge in [-0.15, -0.1) is 0 Å². The van der Waals surface area contributed by atoms with Gasteiger partial charge in [-0.05, 0) is 37.8 Å². The lowest BCUT2D eigenvalue weighted by atomic mass is 9.87. The second-order valence-corrected chi connectivity index (χ2v) is 6.61. The lowest BCUT2D eigenvalue weighted by molar-refractivity contribution is -0.132. The zero-order chi connectivity index (χ0) is 15.4. The van der Waals surface area contributed by atoms with Crippen LogP contribution in [-0.2, 0) is 11.3 Å². The largest absolute Gasteiger partial charge is 0.395 e. The van der Waals surface area contributed by atoms with Crippen LogP contribution in [0.5, 0.6) is 0 Å². The summed E-state index contributed by atoms with van der Waals surface area (Å²) < 4.78 is 0. The number of benzene rings is 1. The molecule has 4 heteroatoms. The van der Waals surface area contributed by atoms with Crippen molar-refractivity contribution in [2.45, 2.75) is 44.2 Å². The highest BCUT2D eigenvalue weighted by Gasteiger charge is 2.45. The number of carbonyl (C=O) groups excluding carboxylic acids is 1. The molecule has 1 unspecified atom stereocenters. The molecule has 120 valence electrons. The number of aliphatic hydroxyl groups excluding tert-OH is 1. The number of β-amino-alcohol motifs (C(OH)–C–C–N with tert-alkyl or cyclic N) is 1. The van der Waals surface area contributed by atoms with Gasteiger partial charge in [0.05, 0.1) is 6.61 Å². The van der Waals surface area contributed by atoms with Gasteiger partial charge in [0.2, 0.25) is 5.91 Å². The molecule has 2 heterocycles. The molecule has 1 amide bonds. The molecule has 2 fully saturated rings. The molecule has 0 saturated carbocycles. The summed E-state index contributed by atoms with van der Waals surface area (Å²) in [6.07, 6.45) is 4.91. The number of hydrogen-bond donors (Lipinski definition) is 1. The Kier molecular flexibility index (Phi) is 4.79. The third-order valence-electron chi connectivity index (χ3n) is 5.29. The minimum atomic E-state index is 0.0388. The molecule has 1 aromatic rings. The molecule has 1 atom stereocenters. The smallest absolute Gasteiger partial charge is 0.223 e. The summed E-state index contributed by atoms with van der Waals surface area (Å²) >= 11 is 0. The van der Waals surface area contributed by atoms with E-state index in [1.807, 2.05) is 18.2 Å². The van der Waals surface area contributed by atoms with Crippen molar-refractivity contribution in [1.82, 2.24) is 9.80 Å². The minimum absolute atomic E-state index is 0.0388. The third-order valence-corrected chi connectivity index (χ3v) is 5.29. The first-order valence-electron chi connectivity index (χ1n) is 8.41. The van der Waals surface area contributed by atoms with Gasteiger partial charge in [0.1, 0.15) is 0 Å². The van der Waals surface area contributed by atoms with Crippen molar-refractivity contribution in [3.05, 3.63) is 35.9 Å². The molecule has 22 heavy (non-hydrogen) atoms. The molecule has 1 aromatic carbocycles. The first-order chi connectivity index (χ1) is 10.7. The van der Waals surface area contributed by atoms with Gasteiger partial charge in [0.25, 0.3) is 0 Å². The van der Waals surface area contributed by atoms with E-state index in [4.69, 9.17) is 5.11 Å². The van der Waals surface area contributed by atoms with Crippen LogP contribution < -0.4 is 0 Å². The van der Waals surface area contributed by atoms with E-state index in [2.05, 4.69) is 21.9 Å². The second-order valence-electron chi connectivity index (χ2n) is 6.61. The van der Waals surface area contributed by atoms with Crippen LogP contribution in [0.4, 0.5) is 0 Å². The van der Waals surface area contributed by atoms with E-state index in [-0.39, 0.29) is 12.1 Å². The Morgan fingerprint density at radius 1 is 1.09 bits per heavy atom. The summed E-state index contributed by atoms with van der Waals surface area (Å²) in [6, 6.07) is 10.3. The van der Waals surface area contributed by atoms with Crippen LogP contribution in [0.15, 0.2) is 30.3 Å². The van der Waals surface area contributed by atoms with E-state index in [0.717, 1.165) is 51.9 Å². The minimum Gasteiger partial charge on any atom is -0.395 e. The molecule has 0 aromatic heterocycles. The predicted molar refractivity (Wildman–Crippen MR) is 86.3 cm³/mol. The third kappa shape index (κ3) is 3.18. The highest BCUT2D eigenvalue weighted by atomic mass is 16.3. The first-order valence-corrected chi connectivity index (χ1v) is 8.41. The number of hydrogen-bond acceptors (Lipinski definition) is 3. The van der Waals surface area contributed by atoms with Gasteiger partial charge < -0.3 is 14.9 Å². The number of nitrogens with zero attached hydrogens (tertiary/aromatic N) is 2. The molecule has 2 saturated heterocycles. The quantitative estimate of drug-likeness (QED) is 0.925. The summed E-state index contributed by atoms with van der Waals surface area (Å²) in [6.45, 7) is 3.73. The fourth-order valence-corrected chi connectivity index (χ4v) is 4.02. The predicted octanol–water partition coefficient (Wildman–Crippen LogP) is 2.03. The van der Waals surface area contributed by atoms with E-state index in [1.54, 1.807) is 0 Å². The summed E-state index contributed by atoms with van der Waals surface area (Å²) in [4.78, 5) is 16.9. The van der Waals surface area contributed by atoms with Crippen LogP contribution in [-0.4, -0.2) is 52.6 Å². The summed E-state index contributed by atoms with van der Waals surface area (Å²) in [5, 5.41) is 9.15. The van der Waals surface area contributed by atoms with Crippen LogP contribution in [0.3, 0.4) is 0 Å². The van der Waals surface area contributed by atoms with E-state index >= 15 is 0 Å². The highest BCUT2D eigenvalue weighted by Crippen LogP contribution is 2.40. The van der Waals surface area contributed by atoms with Crippen molar-refractivity contribution in [3.8, 4) is 0 Å². The van der Waals surface area contributed by atoms with Crippen molar-refractivity contribution < 1.29 is 9.90 Å². The summed E-state index contributed by atoms with van der Waals surface area (Å²) in [5.74, 6) is 0.305. The number of carbonyl (C=O) groups is 1. The number of rotatable bonds is 4. The Hall–Kier alpha value is -1.39. The van der Waals surface area contributed by atoms with Gasteiger partial charge >= 0.3 is 0 Å². The van der Waals surface area contributed by atoms with Crippen molar-refractivity contribution in [2.24, 2.45) is 0 Å². The Morgan fingerprint density at radius 3 is 2.68 bits per heavy atom. The Balaban J connectivity index is 1.74. The standard InChI is InChI=1S/C18H26N2O2/c21-14-13-19-11-4-8-18(10-12-19)9-7-17(22)20(18)15-16-5-2-1-3-6-16/h1-3,5-6,21H,4,7-15H2. The number of aliphatic hydroxyl groups is 1. The molecule has 0 radical (unpaired) electrons. The molecule has 4 nitrogen and oxygen atoms in total. The molecule has 1 spiro atoms. The average Bonchev–Trinajstić information content (AvgIpc) is 2.72. The van der Waals surface area contributed by atoms with Crippen LogP contribution in [0, 0.1) is 0 Å². The molecular weight excluding hydrogens is 276 g/mol. The van der Waals surface area contributed by atoms with Gasteiger partial charge in [-0.3, -0.25) is 4.79 Å². The molecule has 3 rings (SSSR count). The Labute approximate surface area is 132 Å². The normalized spacial score (nSPS) is 26.6. The molecule has 0 aliphatic carbocycles. The molecular formula is C18H26N2O2. The first kappa shape index (κ1) is 15.5. The van der Waals surface area contributed by atoms with Crippen molar-refractivity contribution in [3.63, 3.8) is 0 Å². The van der Waals surface area contributed by atoms with Crippen molar-refractivity contribution >= 4 is 5.91 Å². The van der Waals surface area contributed by atoms with Crippen LogP contribution in [0.25, 0.3) is 0 Å². The fraction of sp³-hybridized carbons (Fsp3) is 0.611. The van der Waals surface area contributed by atoms with Gasteiger partial charge in [0, 0.05) is 31.6 Å². The molecule has 2 aliphatic rings. The van der Waals surface area contributed by atoms with E-state index in [9.17, 15) is 4.79 Å². The van der Waals surface area contributed by atoms with E-state index in [1.165, 1.54) is 5.56 Å². The Morgan fingerprint density at radius 2 is 1.91 bits per heavy atom. The van der Waals surface area contributed by atoms with E-state index in [0.29, 0.717) is 12.3 Å². The topological polar surface area (TPSA) is 43.8 Å². The zero-order valence-corrected chi connectivity index (χ0v) is 13.2. The van der Waals surface area contributed by atoms with Crippen LogP contribution in [0.1, 0.15) is 37.7 Å². The SMILES string of the molecule is O=C1CCC2(CCCN(CCO)CC2)N1Cc1ccccc1. The Bertz CT molecular complexity index is 505. The maximum Gasteiger partial charge on any atom is 0.223 e. The van der Waals surface area contributed by atoms with Crippen molar-refractivity contribution in [1.29, 1.82) is 0 Å². The summed E-state index contributed by atoms with van der Waals surface area (Å²) in [5.41, 5.74) is 1.26. The van der Waals surface area contributed by atoms with Gasteiger partial charge in [0.15, 0.2) is 0 Å². The molecule has 2 aliphatic heterocycles. The second kappa shape index (κ2) is 6.80. The maximum absolute atomic E-state index is 12.4.